The fourth-order valence-corrected chi connectivity index (χ4v) is 3.08. The second kappa shape index (κ2) is 10.3. The molecule has 0 fully saturated rings. The summed E-state index contributed by atoms with van der Waals surface area (Å²) in [4.78, 5) is 16.6. The second-order valence-corrected chi connectivity index (χ2v) is 6.81. The minimum atomic E-state index is -0.166. The van der Waals surface area contributed by atoms with Crippen LogP contribution in [-0.4, -0.2) is 17.5 Å². The molecule has 0 aliphatic carbocycles. The SMILES string of the molecule is Cc1cccc(OCCCCC(=O)NC(c2ccccc2)c2ccncc2)c1. The zero-order valence-corrected chi connectivity index (χ0v) is 16.2. The quantitative estimate of drug-likeness (QED) is 0.545. The molecular weight excluding hydrogens is 348 g/mol. The molecule has 0 saturated carbocycles. The molecule has 1 N–H and O–H groups in total. The molecule has 0 spiro atoms. The van der Waals surface area contributed by atoms with E-state index in [0.29, 0.717) is 13.0 Å². The van der Waals surface area contributed by atoms with E-state index >= 15 is 0 Å². The Morgan fingerprint density at radius 1 is 0.964 bits per heavy atom. The van der Waals surface area contributed by atoms with E-state index in [1.807, 2.05) is 73.7 Å². The van der Waals surface area contributed by atoms with Gasteiger partial charge in [-0.15, -0.1) is 0 Å². The molecule has 0 radical (unpaired) electrons. The van der Waals surface area contributed by atoms with Crippen molar-refractivity contribution in [3.05, 3.63) is 95.8 Å². The summed E-state index contributed by atoms with van der Waals surface area (Å²) >= 11 is 0. The number of ether oxygens (including phenoxy) is 1. The van der Waals surface area contributed by atoms with E-state index in [1.165, 1.54) is 5.56 Å². The van der Waals surface area contributed by atoms with E-state index in [4.69, 9.17) is 4.74 Å². The normalized spacial score (nSPS) is 11.6. The summed E-state index contributed by atoms with van der Waals surface area (Å²) in [5.74, 6) is 0.924. The number of pyridine rings is 1. The molecule has 144 valence electrons. The Labute approximate surface area is 166 Å². The van der Waals surface area contributed by atoms with Crippen LogP contribution in [0.3, 0.4) is 0 Å². The molecule has 4 heteroatoms. The Morgan fingerprint density at radius 2 is 1.71 bits per heavy atom. The summed E-state index contributed by atoms with van der Waals surface area (Å²) in [5, 5.41) is 3.16. The molecule has 3 rings (SSSR count). The van der Waals surface area contributed by atoms with Gasteiger partial charge in [0.05, 0.1) is 12.6 Å². The van der Waals surface area contributed by atoms with Gasteiger partial charge in [0, 0.05) is 18.8 Å². The van der Waals surface area contributed by atoms with E-state index in [-0.39, 0.29) is 11.9 Å². The molecule has 1 aromatic heterocycles. The maximum atomic E-state index is 12.5. The maximum absolute atomic E-state index is 12.5. The highest BCUT2D eigenvalue weighted by molar-refractivity contribution is 5.77. The first kappa shape index (κ1) is 19.6. The number of amides is 1. The molecule has 28 heavy (non-hydrogen) atoms. The molecule has 1 unspecified atom stereocenters. The van der Waals surface area contributed by atoms with Gasteiger partial charge >= 0.3 is 0 Å². The van der Waals surface area contributed by atoms with E-state index in [2.05, 4.69) is 10.3 Å². The lowest BCUT2D eigenvalue weighted by Gasteiger charge is -2.19. The fourth-order valence-electron chi connectivity index (χ4n) is 3.08. The number of nitrogens with one attached hydrogen (secondary N) is 1. The van der Waals surface area contributed by atoms with Gasteiger partial charge in [-0.25, -0.2) is 0 Å². The van der Waals surface area contributed by atoms with Crippen molar-refractivity contribution in [3.63, 3.8) is 0 Å². The lowest BCUT2D eigenvalue weighted by molar-refractivity contribution is -0.121. The van der Waals surface area contributed by atoms with Gasteiger partial charge in [-0.3, -0.25) is 9.78 Å². The third-order valence-corrected chi connectivity index (χ3v) is 4.53. The summed E-state index contributed by atoms with van der Waals surface area (Å²) in [7, 11) is 0. The average Bonchev–Trinajstić information content (AvgIpc) is 2.73. The summed E-state index contributed by atoms with van der Waals surface area (Å²) < 4.78 is 5.75. The van der Waals surface area contributed by atoms with Crippen molar-refractivity contribution in [2.75, 3.05) is 6.61 Å². The van der Waals surface area contributed by atoms with E-state index < -0.39 is 0 Å². The Balaban J connectivity index is 1.49. The molecule has 4 nitrogen and oxygen atoms in total. The van der Waals surface area contributed by atoms with Crippen molar-refractivity contribution in [1.29, 1.82) is 0 Å². The largest absolute Gasteiger partial charge is 0.494 e. The first-order chi connectivity index (χ1) is 13.7. The van der Waals surface area contributed by atoms with Crippen LogP contribution >= 0.6 is 0 Å². The number of benzene rings is 2. The van der Waals surface area contributed by atoms with Crippen LogP contribution < -0.4 is 10.1 Å². The lowest BCUT2D eigenvalue weighted by Crippen LogP contribution is -2.29. The number of carbonyl (C=O) groups excluding carboxylic acids is 1. The number of aromatic nitrogens is 1. The Bertz CT molecular complexity index is 827. The first-order valence-corrected chi connectivity index (χ1v) is 9.66. The number of rotatable bonds is 9. The Hall–Kier alpha value is -3.14. The van der Waals surface area contributed by atoms with Crippen LogP contribution in [0.5, 0.6) is 5.75 Å². The van der Waals surface area contributed by atoms with Gasteiger partial charge in [0.15, 0.2) is 0 Å². The van der Waals surface area contributed by atoms with Crippen LogP contribution in [0, 0.1) is 6.92 Å². The Morgan fingerprint density at radius 3 is 2.46 bits per heavy atom. The molecule has 1 heterocycles. The van der Waals surface area contributed by atoms with Gasteiger partial charge in [0.2, 0.25) is 5.91 Å². The van der Waals surface area contributed by atoms with Crippen molar-refractivity contribution in [1.82, 2.24) is 10.3 Å². The monoisotopic (exact) mass is 374 g/mol. The van der Waals surface area contributed by atoms with Crippen LogP contribution in [0.4, 0.5) is 0 Å². The van der Waals surface area contributed by atoms with Gasteiger partial charge in [0.25, 0.3) is 0 Å². The molecule has 1 amide bonds. The highest BCUT2D eigenvalue weighted by Gasteiger charge is 2.16. The number of unbranched alkanes of at least 4 members (excludes halogenated alkanes) is 1. The van der Waals surface area contributed by atoms with E-state index in [0.717, 1.165) is 29.7 Å². The third-order valence-electron chi connectivity index (χ3n) is 4.53. The van der Waals surface area contributed by atoms with Crippen LogP contribution in [0.15, 0.2) is 79.1 Å². The molecule has 0 aliphatic heterocycles. The second-order valence-electron chi connectivity index (χ2n) is 6.81. The predicted molar refractivity (Wildman–Crippen MR) is 111 cm³/mol. The van der Waals surface area contributed by atoms with Gasteiger partial charge < -0.3 is 10.1 Å². The molecule has 0 aliphatic rings. The average molecular weight is 374 g/mol. The minimum Gasteiger partial charge on any atom is -0.494 e. The number of hydrogen-bond donors (Lipinski definition) is 1. The minimum absolute atomic E-state index is 0.0428. The van der Waals surface area contributed by atoms with Crippen molar-refractivity contribution in [3.8, 4) is 5.75 Å². The van der Waals surface area contributed by atoms with Crippen molar-refractivity contribution >= 4 is 5.91 Å². The van der Waals surface area contributed by atoms with Crippen LogP contribution in [-0.2, 0) is 4.79 Å². The molecule has 3 aromatic rings. The number of hydrogen-bond acceptors (Lipinski definition) is 3. The maximum Gasteiger partial charge on any atom is 0.220 e. The van der Waals surface area contributed by atoms with Crippen molar-refractivity contribution in [2.24, 2.45) is 0 Å². The summed E-state index contributed by atoms with van der Waals surface area (Å²) in [6, 6.07) is 21.7. The highest BCUT2D eigenvalue weighted by atomic mass is 16.5. The number of aryl methyl sites for hydroxylation is 1. The molecular formula is C24H26N2O2. The topological polar surface area (TPSA) is 51.2 Å². The molecule has 0 saturated heterocycles. The fraction of sp³-hybridized carbons (Fsp3) is 0.250. The smallest absolute Gasteiger partial charge is 0.220 e. The van der Waals surface area contributed by atoms with Gasteiger partial charge in [-0.2, -0.15) is 0 Å². The molecule has 0 bridgehead atoms. The lowest BCUT2D eigenvalue weighted by atomic mass is 9.99. The van der Waals surface area contributed by atoms with Gasteiger partial charge in [-0.05, 0) is 60.7 Å². The molecule has 1 atom stereocenters. The zero-order chi connectivity index (χ0) is 19.6. The van der Waals surface area contributed by atoms with Crippen LogP contribution in [0.25, 0.3) is 0 Å². The van der Waals surface area contributed by atoms with Crippen molar-refractivity contribution < 1.29 is 9.53 Å². The summed E-state index contributed by atoms with van der Waals surface area (Å²) in [5.41, 5.74) is 3.27. The predicted octanol–water partition coefficient (Wildman–Crippen LogP) is 4.84. The third kappa shape index (κ3) is 5.95. The van der Waals surface area contributed by atoms with Crippen LogP contribution in [0.2, 0.25) is 0 Å². The van der Waals surface area contributed by atoms with Crippen LogP contribution in [0.1, 0.15) is 42.0 Å². The standard InChI is InChI=1S/C24H26N2O2/c1-19-8-7-11-22(18-19)28-17-6-5-12-23(27)26-24(20-9-3-2-4-10-20)21-13-15-25-16-14-21/h2-4,7-11,13-16,18,24H,5-6,12,17H2,1H3,(H,26,27). The zero-order valence-electron chi connectivity index (χ0n) is 16.2. The van der Waals surface area contributed by atoms with E-state index in [1.54, 1.807) is 12.4 Å². The molecule has 2 aromatic carbocycles. The van der Waals surface area contributed by atoms with Gasteiger partial charge in [-0.1, -0.05) is 42.5 Å². The summed E-state index contributed by atoms with van der Waals surface area (Å²) in [6.07, 6.45) is 5.61. The number of nitrogens with zero attached hydrogens (tertiary/aromatic N) is 1. The highest BCUT2D eigenvalue weighted by Crippen LogP contribution is 2.21. The van der Waals surface area contributed by atoms with E-state index in [9.17, 15) is 4.79 Å². The number of carbonyl (C=O) groups is 1. The van der Waals surface area contributed by atoms with Crippen molar-refractivity contribution in [2.45, 2.75) is 32.2 Å². The first-order valence-electron chi connectivity index (χ1n) is 9.66. The summed E-state index contributed by atoms with van der Waals surface area (Å²) in [6.45, 7) is 2.66. The Kier molecular flexibility index (Phi) is 7.19. The van der Waals surface area contributed by atoms with Gasteiger partial charge in [0.1, 0.15) is 5.75 Å².